The fourth-order valence-corrected chi connectivity index (χ4v) is 3.63. The molecule has 1 aromatic carbocycles. The molecule has 1 aliphatic heterocycles. The number of nitrogens with zero attached hydrogens (tertiary/aromatic N) is 3. The van der Waals surface area contributed by atoms with Gasteiger partial charge in [-0.3, -0.25) is 4.79 Å². The molecule has 0 atom stereocenters. The number of rotatable bonds is 7. The van der Waals surface area contributed by atoms with Crippen LogP contribution in [0.5, 0.6) is 11.5 Å². The summed E-state index contributed by atoms with van der Waals surface area (Å²) < 4.78 is 49.5. The van der Waals surface area contributed by atoms with Crippen molar-refractivity contribution in [1.29, 1.82) is 0 Å². The molecule has 0 unspecified atom stereocenters. The van der Waals surface area contributed by atoms with E-state index in [4.69, 9.17) is 21.1 Å². The molecule has 0 saturated carbocycles. The Balaban J connectivity index is 1.68. The number of halogens is 4. The zero-order valence-corrected chi connectivity index (χ0v) is 18.7. The number of carbonyl (C=O) groups is 1. The summed E-state index contributed by atoms with van der Waals surface area (Å²) in [6.07, 6.45) is -2.79. The fourth-order valence-electron chi connectivity index (χ4n) is 3.36. The predicted octanol–water partition coefficient (Wildman–Crippen LogP) is 4.90. The zero-order valence-electron chi connectivity index (χ0n) is 17.9. The molecule has 0 radical (unpaired) electrons. The Labute approximate surface area is 189 Å². The van der Waals surface area contributed by atoms with Crippen LogP contribution >= 0.6 is 11.6 Å². The van der Waals surface area contributed by atoms with Crippen molar-refractivity contribution in [2.45, 2.75) is 26.4 Å². The molecular weight excluding hydrogens is 447 g/mol. The topological polar surface area (TPSA) is 54.9 Å². The number of ether oxygens (including phenoxy) is 2. The van der Waals surface area contributed by atoms with Crippen molar-refractivity contribution >= 4 is 23.3 Å². The lowest BCUT2D eigenvalue weighted by atomic mass is 10.1. The van der Waals surface area contributed by atoms with E-state index in [9.17, 15) is 18.0 Å². The first-order valence-corrected chi connectivity index (χ1v) is 10.8. The van der Waals surface area contributed by atoms with Crippen LogP contribution in [0.15, 0.2) is 30.5 Å². The molecule has 1 fully saturated rings. The van der Waals surface area contributed by atoms with E-state index in [0.29, 0.717) is 67.3 Å². The summed E-state index contributed by atoms with van der Waals surface area (Å²) in [5.74, 6) is 1.09. The largest absolute Gasteiger partial charge is 0.490 e. The highest BCUT2D eigenvalue weighted by atomic mass is 35.5. The Morgan fingerprint density at radius 3 is 2.41 bits per heavy atom. The first-order valence-electron chi connectivity index (χ1n) is 10.4. The number of hydrogen-bond donors (Lipinski definition) is 0. The number of piperazine rings is 1. The number of amides is 1. The quantitative estimate of drug-likeness (QED) is 0.574. The first-order chi connectivity index (χ1) is 15.2. The summed E-state index contributed by atoms with van der Waals surface area (Å²) in [5.41, 5.74) is -0.396. The first kappa shape index (κ1) is 24.0. The molecule has 32 heavy (non-hydrogen) atoms. The van der Waals surface area contributed by atoms with Crippen molar-refractivity contribution in [2.24, 2.45) is 0 Å². The van der Waals surface area contributed by atoms with Gasteiger partial charge >= 0.3 is 6.18 Å². The minimum Gasteiger partial charge on any atom is -0.490 e. The van der Waals surface area contributed by atoms with Crippen molar-refractivity contribution in [3.63, 3.8) is 0 Å². The third-order valence-electron chi connectivity index (χ3n) is 4.97. The van der Waals surface area contributed by atoms with Crippen LogP contribution in [0.2, 0.25) is 5.02 Å². The SMILES string of the molecule is CCCOc1c(Cl)cc(C(=O)N2CCN(c3ccc(C(F)(F)F)cn3)CC2)cc1OCC. The molecule has 2 heterocycles. The lowest BCUT2D eigenvalue weighted by Crippen LogP contribution is -2.49. The standard InChI is InChI=1S/C22H25ClF3N3O3/c1-3-11-32-20-17(23)12-15(13-18(20)31-4-2)21(30)29-9-7-28(8-10-29)19-6-5-16(14-27-19)22(24,25)26/h5-6,12-14H,3-4,7-11H2,1-2H3. The average molecular weight is 472 g/mol. The molecule has 1 aliphatic rings. The number of benzene rings is 1. The van der Waals surface area contributed by atoms with E-state index >= 15 is 0 Å². The molecule has 3 rings (SSSR count). The molecule has 0 aliphatic carbocycles. The van der Waals surface area contributed by atoms with E-state index in [1.807, 2.05) is 18.7 Å². The number of anilines is 1. The Morgan fingerprint density at radius 1 is 1.12 bits per heavy atom. The van der Waals surface area contributed by atoms with E-state index < -0.39 is 11.7 Å². The fraction of sp³-hybridized carbons (Fsp3) is 0.455. The molecule has 0 bridgehead atoms. The van der Waals surface area contributed by atoms with Gasteiger partial charge in [0.25, 0.3) is 5.91 Å². The molecule has 6 nitrogen and oxygen atoms in total. The number of alkyl halides is 3. The van der Waals surface area contributed by atoms with Gasteiger partial charge in [-0.15, -0.1) is 0 Å². The molecular formula is C22H25ClF3N3O3. The normalized spacial score (nSPS) is 14.4. The van der Waals surface area contributed by atoms with Crippen molar-refractivity contribution in [3.05, 3.63) is 46.6 Å². The molecule has 0 spiro atoms. The van der Waals surface area contributed by atoms with Gasteiger partial charge in [-0.1, -0.05) is 18.5 Å². The van der Waals surface area contributed by atoms with Crippen molar-refractivity contribution in [2.75, 3.05) is 44.3 Å². The molecule has 2 aromatic rings. The van der Waals surface area contributed by atoms with E-state index in [1.165, 1.54) is 6.07 Å². The van der Waals surface area contributed by atoms with Crippen LogP contribution in [0.4, 0.5) is 19.0 Å². The smallest absolute Gasteiger partial charge is 0.417 e. The van der Waals surface area contributed by atoms with E-state index in [1.54, 1.807) is 17.0 Å². The van der Waals surface area contributed by atoms with Crippen molar-refractivity contribution < 1.29 is 27.4 Å². The molecule has 1 amide bonds. The Morgan fingerprint density at radius 2 is 1.84 bits per heavy atom. The molecule has 10 heteroatoms. The van der Waals surface area contributed by atoms with Crippen LogP contribution in [-0.4, -0.2) is 55.2 Å². The van der Waals surface area contributed by atoms with Crippen LogP contribution in [0.25, 0.3) is 0 Å². The third-order valence-corrected chi connectivity index (χ3v) is 5.25. The minimum absolute atomic E-state index is 0.199. The Kier molecular flexibility index (Phi) is 7.71. The molecule has 1 saturated heterocycles. The second-order valence-corrected chi connectivity index (χ2v) is 7.66. The summed E-state index contributed by atoms with van der Waals surface area (Å²) >= 11 is 6.36. The van der Waals surface area contributed by atoms with Gasteiger partial charge in [0.2, 0.25) is 0 Å². The molecule has 1 aromatic heterocycles. The number of pyridine rings is 1. The lowest BCUT2D eigenvalue weighted by Gasteiger charge is -2.35. The second kappa shape index (κ2) is 10.3. The summed E-state index contributed by atoms with van der Waals surface area (Å²) in [5, 5.41) is 0.306. The van der Waals surface area contributed by atoms with Gasteiger partial charge in [0.05, 0.1) is 23.8 Å². The van der Waals surface area contributed by atoms with Gasteiger partial charge < -0.3 is 19.3 Å². The highest BCUT2D eigenvalue weighted by Crippen LogP contribution is 2.37. The summed E-state index contributed by atoms with van der Waals surface area (Å²) in [6, 6.07) is 5.57. The van der Waals surface area contributed by atoms with Crippen LogP contribution in [0.1, 0.15) is 36.2 Å². The maximum atomic E-state index is 13.0. The predicted molar refractivity (Wildman–Crippen MR) is 116 cm³/mol. The van der Waals surface area contributed by atoms with Gasteiger partial charge in [0.1, 0.15) is 5.82 Å². The van der Waals surface area contributed by atoms with Gasteiger partial charge in [0, 0.05) is 37.9 Å². The summed E-state index contributed by atoms with van der Waals surface area (Å²) in [6.45, 7) is 6.39. The van der Waals surface area contributed by atoms with Gasteiger partial charge in [-0.05, 0) is 37.6 Å². The van der Waals surface area contributed by atoms with Crippen molar-refractivity contribution in [1.82, 2.24) is 9.88 Å². The van der Waals surface area contributed by atoms with Gasteiger partial charge in [-0.25, -0.2) is 4.98 Å². The van der Waals surface area contributed by atoms with E-state index in [-0.39, 0.29) is 5.91 Å². The Hall–Kier alpha value is -2.68. The maximum absolute atomic E-state index is 13.0. The molecule has 0 N–H and O–H groups in total. The lowest BCUT2D eigenvalue weighted by molar-refractivity contribution is -0.137. The number of hydrogen-bond acceptors (Lipinski definition) is 5. The number of carbonyl (C=O) groups excluding carboxylic acids is 1. The molecule has 174 valence electrons. The van der Waals surface area contributed by atoms with Crippen LogP contribution < -0.4 is 14.4 Å². The van der Waals surface area contributed by atoms with Gasteiger partial charge in [0.15, 0.2) is 11.5 Å². The van der Waals surface area contributed by atoms with Crippen LogP contribution in [-0.2, 0) is 6.18 Å². The third kappa shape index (κ3) is 5.56. The highest BCUT2D eigenvalue weighted by Gasteiger charge is 2.31. The Bertz CT molecular complexity index is 930. The highest BCUT2D eigenvalue weighted by molar-refractivity contribution is 6.32. The summed E-state index contributed by atoms with van der Waals surface area (Å²) in [7, 11) is 0. The van der Waals surface area contributed by atoms with Crippen LogP contribution in [0, 0.1) is 0 Å². The van der Waals surface area contributed by atoms with Crippen LogP contribution in [0.3, 0.4) is 0 Å². The second-order valence-electron chi connectivity index (χ2n) is 7.25. The zero-order chi connectivity index (χ0) is 23.3. The van der Waals surface area contributed by atoms with E-state index in [0.717, 1.165) is 18.7 Å². The monoisotopic (exact) mass is 471 g/mol. The van der Waals surface area contributed by atoms with Gasteiger partial charge in [-0.2, -0.15) is 13.2 Å². The average Bonchev–Trinajstić information content (AvgIpc) is 2.78. The van der Waals surface area contributed by atoms with E-state index in [2.05, 4.69) is 4.98 Å². The number of aromatic nitrogens is 1. The minimum atomic E-state index is -4.42. The summed E-state index contributed by atoms with van der Waals surface area (Å²) in [4.78, 5) is 20.5. The van der Waals surface area contributed by atoms with Crippen molar-refractivity contribution in [3.8, 4) is 11.5 Å². The maximum Gasteiger partial charge on any atom is 0.417 e.